The molecule has 1 heterocycles. The van der Waals surface area contributed by atoms with Crippen molar-refractivity contribution in [2.24, 2.45) is 0 Å². The zero-order valence-corrected chi connectivity index (χ0v) is 18.0. The maximum absolute atomic E-state index is 9.07. The van der Waals surface area contributed by atoms with Gasteiger partial charge in [0.1, 0.15) is 11.9 Å². The molecule has 0 bridgehead atoms. The van der Waals surface area contributed by atoms with Crippen molar-refractivity contribution in [2.75, 3.05) is 11.9 Å². The summed E-state index contributed by atoms with van der Waals surface area (Å²) in [5.41, 5.74) is 5.16. The van der Waals surface area contributed by atoms with Gasteiger partial charge in [0.05, 0.1) is 21.6 Å². The van der Waals surface area contributed by atoms with Crippen LogP contribution in [0.1, 0.15) is 68.3 Å². The molecule has 3 aromatic rings. The number of anilines is 1. The van der Waals surface area contributed by atoms with E-state index >= 15 is 0 Å². The van der Waals surface area contributed by atoms with E-state index in [0.29, 0.717) is 28.5 Å². The largest absolute Gasteiger partial charge is 0.372 e. The Labute approximate surface area is 177 Å². The lowest BCUT2D eigenvalue weighted by Gasteiger charge is -2.35. The molecule has 150 valence electrons. The molecule has 4 nitrogen and oxygen atoms in total. The third kappa shape index (κ3) is 3.97. The summed E-state index contributed by atoms with van der Waals surface area (Å²) in [6.07, 6.45) is 4.48. The summed E-state index contributed by atoms with van der Waals surface area (Å²) in [5.74, 6) is 2.13. The summed E-state index contributed by atoms with van der Waals surface area (Å²) in [5, 5.41) is 9.59. The van der Waals surface area contributed by atoms with Gasteiger partial charge in [-0.05, 0) is 67.5 Å². The molecular formula is C24H27ClN4. The van der Waals surface area contributed by atoms with Crippen molar-refractivity contribution in [1.82, 2.24) is 9.97 Å². The summed E-state index contributed by atoms with van der Waals surface area (Å²) in [6.45, 7) is 4.44. The van der Waals surface area contributed by atoms with E-state index in [4.69, 9.17) is 21.8 Å². The summed E-state index contributed by atoms with van der Waals surface area (Å²) >= 11 is 6.22. The van der Waals surface area contributed by atoms with Gasteiger partial charge in [-0.25, -0.2) is 4.98 Å². The Morgan fingerprint density at radius 3 is 2.55 bits per heavy atom. The molecule has 0 atom stereocenters. The Hall–Kier alpha value is -2.51. The maximum atomic E-state index is 9.07. The molecule has 1 N–H and O–H groups in total. The SMILES string of the molecule is CC(C)c1ccc2nc([C@H]3CC[C@H](N(C)c4ccc(C#N)c(Cl)c4)CC3)[nH]c2c1. The Bertz CT molecular complexity index is 1050. The highest BCUT2D eigenvalue weighted by Crippen LogP contribution is 2.36. The van der Waals surface area contributed by atoms with E-state index in [2.05, 4.69) is 55.0 Å². The second kappa shape index (κ2) is 8.08. The first kappa shape index (κ1) is 19.8. The summed E-state index contributed by atoms with van der Waals surface area (Å²) < 4.78 is 0. The second-order valence-corrected chi connectivity index (χ2v) is 8.85. The van der Waals surface area contributed by atoms with Crippen LogP contribution in [-0.4, -0.2) is 23.1 Å². The molecule has 1 aromatic heterocycles. The van der Waals surface area contributed by atoms with E-state index < -0.39 is 0 Å². The number of nitriles is 1. The number of imidazole rings is 1. The molecule has 5 heteroatoms. The average molecular weight is 407 g/mol. The molecule has 4 rings (SSSR count). The van der Waals surface area contributed by atoms with Gasteiger partial charge in [0, 0.05) is 24.7 Å². The molecule has 1 fully saturated rings. The van der Waals surface area contributed by atoms with E-state index in [0.717, 1.165) is 48.2 Å². The predicted molar refractivity (Wildman–Crippen MR) is 120 cm³/mol. The molecule has 0 unspecified atom stereocenters. The van der Waals surface area contributed by atoms with Gasteiger partial charge in [-0.15, -0.1) is 0 Å². The number of nitrogens with zero attached hydrogens (tertiary/aromatic N) is 3. The maximum Gasteiger partial charge on any atom is 0.110 e. The molecule has 1 aliphatic rings. The Morgan fingerprint density at radius 1 is 1.14 bits per heavy atom. The zero-order chi connectivity index (χ0) is 20.5. The van der Waals surface area contributed by atoms with E-state index in [1.165, 1.54) is 5.56 Å². The van der Waals surface area contributed by atoms with Gasteiger partial charge >= 0.3 is 0 Å². The predicted octanol–water partition coefficient (Wildman–Crippen LogP) is 6.37. The van der Waals surface area contributed by atoms with Crippen molar-refractivity contribution < 1.29 is 0 Å². The van der Waals surface area contributed by atoms with Crippen molar-refractivity contribution in [3.05, 3.63) is 58.4 Å². The van der Waals surface area contributed by atoms with Crippen LogP contribution in [0, 0.1) is 11.3 Å². The van der Waals surface area contributed by atoms with Crippen molar-refractivity contribution in [1.29, 1.82) is 5.26 Å². The van der Waals surface area contributed by atoms with Crippen LogP contribution in [0.3, 0.4) is 0 Å². The molecule has 29 heavy (non-hydrogen) atoms. The van der Waals surface area contributed by atoms with Crippen molar-refractivity contribution >= 4 is 28.3 Å². The van der Waals surface area contributed by atoms with E-state index in [9.17, 15) is 0 Å². The normalized spacial score (nSPS) is 19.4. The molecule has 0 radical (unpaired) electrons. The van der Waals surface area contributed by atoms with Crippen molar-refractivity contribution in [3.8, 4) is 6.07 Å². The van der Waals surface area contributed by atoms with E-state index in [1.54, 1.807) is 6.07 Å². The molecular weight excluding hydrogens is 380 g/mol. The topological polar surface area (TPSA) is 55.7 Å². The smallest absolute Gasteiger partial charge is 0.110 e. The van der Waals surface area contributed by atoms with Crippen LogP contribution in [0.15, 0.2) is 36.4 Å². The number of aromatic nitrogens is 2. The molecule has 0 aliphatic heterocycles. The van der Waals surface area contributed by atoms with Crippen LogP contribution < -0.4 is 4.90 Å². The lowest BCUT2D eigenvalue weighted by atomic mass is 9.85. The lowest BCUT2D eigenvalue weighted by Crippen LogP contribution is -2.35. The molecule has 0 spiro atoms. The number of benzene rings is 2. The highest BCUT2D eigenvalue weighted by Gasteiger charge is 2.27. The van der Waals surface area contributed by atoms with Crippen LogP contribution >= 0.6 is 11.6 Å². The number of halogens is 1. The molecule has 0 saturated heterocycles. The fourth-order valence-corrected chi connectivity index (χ4v) is 4.58. The van der Waals surface area contributed by atoms with Crippen LogP contribution in [-0.2, 0) is 0 Å². The third-order valence-electron chi connectivity index (χ3n) is 6.30. The van der Waals surface area contributed by atoms with Crippen molar-refractivity contribution in [3.63, 3.8) is 0 Å². The first-order chi connectivity index (χ1) is 14.0. The average Bonchev–Trinajstić information content (AvgIpc) is 3.16. The molecule has 2 aromatic carbocycles. The van der Waals surface area contributed by atoms with Crippen LogP contribution in [0.5, 0.6) is 0 Å². The third-order valence-corrected chi connectivity index (χ3v) is 6.62. The first-order valence-electron chi connectivity index (χ1n) is 10.4. The van der Waals surface area contributed by atoms with Crippen LogP contribution in [0.2, 0.25) is 5.02 Å². The number of hydrogen-bond acceptors (Lipinski definition) is 3. The van der Waals surface area contributed by atoms with Gasteiger partial charge in [0.15, 0.2) is 0 Å². The fraction of sp³-hybridized carbons (Fsp3) is 0.417. The number of rotatable bonds is 4. The first-order valence-corrected chi connectivity index (χ1v) is 10.8. The fourth-order valence-electron chi connectivity index (χ4n) is 4.36. The van der Waals surface area contributed by atoms with Gasteiger partial charge < -0.3 is 9.88 Å². The number of H-pyrrole nitrogens is 1. The quantitative estimate of drug-likeness (QED) is 0.547. The van der Waals surface area contributed by atoms with Gasteiger partial charge in [0.2, 0.25) is 0 Å². The second-order valence-electron chi connectivity index (χ2n) is 8.45. The number of nitrogens with one attached hydrogen (secondary N) is 1. The number of aromatic amines is 1. The molecule has 0 amide bonds. The minimum absolute atomic E-state index is 0.479. The summed E-state index contributed by atoms with van der Waals surface area (Å²) in [4.78, 5) is 10.8. The summed E-state index contributed by atoms with van der Waals surface area (Å²) in [6, 6.07) is 14.9. The van der Waals surface area contributed by atoms with E-state index in [-0.39, 0.29) is 0 Å². The highest BCUT2D eigenvalue weighted by atomic mass is 35.5. The van der Waals surface area contributed by atoms with Crippen molar-refractivity contribution in [2.45, 2.75) is 57.4 Å². The van der Waals surface area contributed by atoms with Gasteiger partial charge in [-0.3, -0.25) is 0 Å². The minimum Gasteiger partial charge on any atom is -0.372 e. The van der Waals surface area contributed by atoms with Crippen LogP contribution in [0.25, 0.3) is 11.0 Å². The summed E-state index contributed by atoms with van der Waals surface area (Å²) in [7, 11) is 2.12. The molecule has 1 saturated carbocycles. The van der Waals surface area contributed by atoms with Gasteiger partial charge in [0.25, 0.3) is 0 Å². The Kier molecular flexibility index (Phi) is 5.52. The highest BCUT2D eigenvalue weighted by molar-refractivity contribution is 6.32. The van der Waals surface area contributed by atoms with Gasteiger partial charge in [-0.1, -0.05) is 31.5 Å². The zero-order valence-electron chi connectivity index (χ0n) is 17.2. The standard InChI is InChI=1S/C24H27ClN4/c1-15(2)17-7-11-22-23(12-17)28-24(27-22)16-4-8-19(9-5-16)29(3)20-10-6-18(14-26)21(25)13-20/h6-7,10-13,15-16,19H,4-5,8-9H2,1-3H3,(H,27,28)/t16-,19-. The van der Waals surface area contributed by atoms with E-state index in [1.807, 2.05) is 12.1 Å². The van der Waals surface area contributed by atoms with Gasteiger partial charge in [-0.2, -0.15) is 5.26 Å². The Balaban J connectivity index is 1.44. The number of hydrogen-bond donors (Lipinski definition) is 1. The minimum atomic E-state index is 0.479. The monoisotopic (exact) mass is 406 g/mol. The number of fused-ring (bicyclic) bond motifs is 1. The lowest BCUT2D eigenvalue weighted by molar-refractivity contribution is 0.377. The molecule has 1 aliphatic carbocycles. The Morgan fingerprint density at radius 2 is 1.90 bits per heavy atom. The van der Waals surface area contributed by atoms with Crippen LogP contribution in [0.4, 0.5) is 5.69 Å².